The first-order valence-electron chi connectivity index (χ1n) is 8.24. The summed E-state index contributed by atoms with van der Waals surface area (Å²) in [6, 6.07) is 16.5. The zero-order chi connectivity index (χ0) is 18.6. The molecule has 2 aromatic rings. The smallest absolute Gasteiger partial charge is 0.245 e. The van der Waals surface area contributed by atoms with Gasteiger partial charge in [-0.3, -0.25) is 4.79 Å². The van der Waals surface area contributed by atoms with Crippen LogP contribution in [0, 0.1) is 0 Å². The Morgan fingerprint density at radius 2 is 1.65 bits per heavy atom. The molecular formula is C19H19ClN2O3S. The van der Waals surface area contributed by atoms with E-state index in [1.165, 1.54) is 16.5 Å². The molecule has 0 aliphatic carbocycles. The van der Waals surface area contributed by atoms with E-state index in [2.05, 4.69) is 4.90 Å². The molecule has 0 saturated carbocycles. The fourth-order valence-electron chi connectivity index (χ4n) is 2.91. The maximum atomic E-state index is 12.9. The summed E-state index contributed by atoms with van der Waals surface area (Å²) in [5, 5.41) is -0.602. The number of allylic oxidation sites excluding steroid dienone is 1. The Kier molecular flexibility index (Phi) is 5.76. The maximum absolute atomic E-state index is 12.9. The average Bonchev–Trinajstić information content (AvgIpc) is 2.67. The molecule has 136 valence electrons. The molecule has 1 aliphatic rings. The highest BCUT2D eigenvalue weighted by Gasteiger charge is 2.28. The van der Waals surface area contributed by atoms with Crippen molar-refractivity contribution in [2.45, 2.75) is 4.90 Å². The summed E-state index contributed by atoms with van der Waals surface area (Å²) in [5.74, 6) is 0. The highest BCUT2D eigenvalue weighted by molar-refractivity contribution is 7.89. The molecule has 0 N–H and O–H groups in total. The molecule has 26 heavy (non-hydrogen) atoms. The molecular weight excluding hydrogens is 372 g/mol. The van der Waals surface area contributed by atoms with Crippen LogP contribution in [0.3, 0.4) is 0 Å². The maximum Gasteiger partial charge on any atom is 0.245 e. The zero-order valence-electron chi connectivity index (χ0n) is 14.1. The molecule has 1 heterocycles. The van der Waals surface area contributed by atoms with Crippen molar-refractivity contribution in [3.8, 4) is 0 Å². The van der Waals surface area contributed by atoms with Crippen molar-refractivity contribution in [1.29, 1.82) is 0 Å². The van der Waals surface area contributed by atoms with Crippen LogP contribution in [0.1, 0.15) is 5.56 Å². The van der Waals surface area contributed by atoms with E-state index in [0.717, 1.165) is 5.69 Å². The standard InChI is InChI=1S/C19H19ClN2O3S/c20-19(23)10-9-16-5-4-8-18(15-16)26(24,25)22-13-11-21(12-14-22)17-6-2-1-3-7-17/h1-10,15H,11-14H2/b10-9+. The monoisotopic (exact) mass is 390 g/mol. The van der Waals surface area contributed by atoms with Crippen LogP contribution in [0.5, 0.6) is 0 Å². The van der Waals surface area contributed by atoms with Crippen LogP contribution in [0.25, 0.3) is 6.08 Å². The lowest BCUT2D eigenvalue weighted by Crippen LogP contribution is -2.48. The number of nitrogens with zero attached hydrogens (tertiary/aromatic N) is 2. The Bertz CT molecular complexity index is 905. The van der Waals surface area contributed by atoms with Gasteiger partial charge in [0, 0.05) is 31.9 Å². The van der Waals surface area contributed by atoms with Crippen LogP contribution in [-0.2, 0) is 14.8 Å². The van der Waals surface area contributed by atoms with Crippen molar-refractivity contribution >= 4 is 38.6 Å². The summed E-state index contributed by atoms with van der Waals surface area (Å²) >= 11 is 5.29. The second-order valence-corrected chi connectivity index (χ2v) is 8.25. The lowest BCUT2D eigenvalue weighted by Gasteiger charge is -2.35. The van der Waals surface area contributed by atoms with E-state index in [1.54, 1.807) is 24.3 Å². The fourth-order valence-corrected chi connectivity index (χ4v) is 4.46. The minimum Gasteiger partial charge on any atom is -0.369 e. The molecule has 0 bridgehead atoms. The normalized spacial score (nSPS) is 16.1. The van der Waals surface area contributed by atoms with Gasteiger partial charge in [-0.15, -0.1) is 0 Å². The number of rotatable bonds is 5. The number of hydrogen-bond acceptors (Lipinski definition) is 4. The summed E-state index contributed by atoms with van der Waals surface area (Å²) < 4.78 is 27.3. The number of carbonyl (C=O) groups is 1. The van der Waals surface area contributed by atoms with Gasteiger partial charge in [0.15, 0.2) is 0 Å². The Morgan fingerprint density at radius 1 is 0.962 bits per heavy atom. The molecule has 0 aromatic heterocycles. The molecule has 1 fully saturated rings. The SMILES string of the molecule is O=C(Cl)/C=C/c1cccc(S(=O)(=O)N2CCN(c3ccccc3)CC2)c1. The number of sulfonamides is 1. The van der Waals surface area contributed by atoms with Gasteiger partial charge in [0.1, 0.15) is 0 Å². The minimum atomic E-state index is -3.57. The van der Waals surface area contributed by atoms with Gasteiger partial charge in [-0.25, -0.2) is 8.42 Å². The highest BCUT2D eigenvalue weighted by atomic mass is 35.5. The van der Waals surface area contributed by atoms with Crippen LogP contribution in [0.2, 0.25) is 0 Å². The minimum absolute atomic E-state index is 0.217. The van der Waals surface area contributed by atoms with Gasteiger partial charge in [-0.2, -0.15) is 4.31 Å². The Balaban J connectivity index is 1.73. The summed E-state index contributed by atoms with van der Waals surface area (Å²) in [7, 11) is -3.57. The summed E-state index contributed by atoms with van der Waals surface area (Å²) in [6.07, 6.45) is 2.70. The van der Waals surface area contributed by atoms with E-state index < -0.39 is 15.3 Å². The van der Waals surface area contributed by atoms with E-state index in [-0.39, 0.29) is 4.90 Å². The number of para-hydroxylation sites is 1. The molecule has 0 amide bonds. The molecule has 0 radical (unpaired) electrons. The molecule has 0 atom stereocenters. The molecule has 7 heteroatoms. The van der Waals surface area contributed by atoms with Crippen molar-refractivity contribution in [2.24, 2.45) is 0 Å². The zero-order valence-corrected chi connectivity index (χ0v) is 15.7. The average molecular weight is 391 g/mol. The first-order chi connectivity index (χ1) is 12.5. The number of anilines is 1. The third-order valence-corrected chi connectivity index (χ3v) is 6.28. The summed E-state index contributed by atoms with van der Waals surface area (Å²) in [6.45, 7) is 2.14. The molecule has 2 aromatic carbocycles. The molecule has 3 rings (SSSR count). The van der Waals surface area contributed by atoms with Gasteiger partial charge in [0.05, 0.1) is 4.90 Å². The van der Waals surface area contributed by atoms with E-state index >= 15 is 0 Å². The Hall–Kier alpha value is -2.15. The molecule has 0 unspecified atom stereocenters. The second kappa shape index (κ2) is 8.03. The largest absolute Gasteiger partial charge is 0.369 e. The van der Waals surface area contributed by atoms with Gasteiger partial charge in [-0.05, 0) is 47.5 Å². The fraction of sp³-hybridized carbons (Fsp3) is 0.211. The Labute approximate surface area is 158 Å². The van der Waals surface area contributed by atoms with Gasteiger partial charge < -0.3 is 4.90 Å². The van der Waals surface area contributed by atoms with Gasteiger partial charge >= 0.3 is 0 Å². The van der Waals surface area contributed by atoms with Crippen molar-refractivity contribution in [2.75, 3.05) is 31.1 Å². The van der Waals surface area contributed by atoms with Gasteiger partial charge in [0.2, 0.25) is 15.3 Å². The van der Waals surface area contributed by atoms with Crippen LogP contribution >= 0.6 is 11.6 Å². The van der Waals surface area contributed by atoms with Gasteiger partial charge in [-0.1, -0.05) is 36.4 Å². The highest BCUT2D eigenvalue weighted by Crippen LogP contribution is 2.22. The number of hydrogen-bond donors (Lipinski definition) is 0. The second-order valence-electron chi connectivity index (χ2n) is 5.94. The quantitative estimate of drug-likeness (QED) is 0.581. The summed E-state index contributed by atoms with van der Waals surface area (Å²) in [4.78, 5) is 13.2. The number of carbonyl (C=O) groups excluding carboxylic acids is 1. The first-order valence-corrected chi connectivity index (χ1v) is 10.1. The van der Waals surface area contributed by atoms with Crippen molar-refractivity contribution in [3.63, 3.8) is 0 Å². The number of benzene rings is 2. The predicted octanol–water partition coefficient (Wildman–Crippen LogP) is 2.98. The van der Waals surface area contributed by atoms with E-state index in [9.17, 15) is 13.2 Å². The number of piperazine rings is 1. The van der Waals surface area contributed by atoms with Crippen molar-refractivity contribution < 1.29 is 13.2 Å². The Morgan fingerprint density at radius 3 is 2.31 bits per heavy atom. The van der Waals surface area contributed by atoms with Crippen LogP contribution in [0.4, 0.5) is 5.69 Å². The summed E-state index contributed by atoms with van der Waals surface area (Å²) in [5.41, 5.74) is 1.71. The lowest BCUT2D eigenvalue weighted by molar-refractivity contribution is -0.107. The topological polar surface area (TPSA) is 57.7 Å². The third-order valence-electron chi connectivity index (χ3n) is 4.26. The van der Waals surface area contributed by atoms with Crippen LogP contribution in [-0.4, -0.2) is 44.1 Å². The molecule has 5 nitrogen and oxygen atoms in total. The van der Waals surface area contributed by atoms with E-state index in [4.69, 9.17) is 11.6 Å². The molecule has 1 aliphatic heterocycles. The molecule has 1 saturated heterocycles. The number of halogens is 1. The van der Waals surface area contributed by atoms with Crippen LogP contribution in [0.15, 0.2) is 65.6 Å². The van der Waals surface area contributed by atoms with Crippen LogP contribution < -0.4 is 4.90 Å². The van der Waals surface area contributed by atoms with E-state index in [0.29, 0.717) is 31.7 Å². The van der Waals surface area contributed by atoms with Gasteiger partial charge in [0.25, 0.3) is 0 Å². The first kappa shape index (κ1) is 18.6. The lowest BCUT2D eigenvalue weighted by atomic mass is 10.2. The van der Waals surface area contributed by atoms with E-state index in [1.807, 2.05) is 30.3 Å². The third kappa shape index (κ3) is 4.33. The van der Waals surface area contributed by atoms with Crippen molar-refractivity contribution in [3.05, 3.63) is 66.2 Å². The van der Waals surface area contributed by atoms with Crippen molar-refractivity contribution in [1.82, 2.24) is 4.31 Å². The molecule has 0 spiro atoms. The predicted molar refractivity (Wildman–Crippen MR) is 104 cm³/mol.